The SMILES string of the molecule is CCN(CC)CC.F[C@H]1[C@H](F)C(F)(F)C1(F)F. The van der Waals surface area contributed by atoms with E-state index in [2.05, 4.69) is 25.7 Å². The summed E-state index contributed by atoms with van der Waals surface area (Å²) in [5.41, 5.74) is 0. The van der Waals surface area contributed by atoms with Crippen molar-refractivity contribution in [2.75, 3.05) is 19.6 Å². The zero-order valence-corrected chi connectivity index (χ0v) is 9.99. The van der Waals surface area contributed by atoms with Crippen LogP contribution in [-0.2, 0) is 0 Å². The van der Waals surface area contributed by atoms with Gasteiger partial charge in [0.05, 0.1) is 0 Å². The van der Waals surface area contributed by atoms with E-state index in [-0.39, 0.29) is 0 Å². The molecule has 1 aliphatic carbocycles. The molecule has 1 nitrogen and oxygen atoms in total. The van der Waals surface area contributed by atoms with Crippen LogP contribution in [0.25, 0.3) is 0 Å². The Morgan fingerprint density at radius 2 is 1.00 bits per heavy atom. The van der Waals surface area contributed by atoms with Gasteiger partial charge in [0.25, 0.3) is 0 Å². The predicted octanol–water partition coefficient (Wildman–Crippen LogP) is 3.29. The summed E-state index contributed by atoms with van der Waals surface area (Å²) in [4.78, 5) is 2.38. The Hall–Kier alpha value is -0.460. The van der Waals surface area contributed by atoms with Crippen molar-refractivity contribution in [2.45, 2.75) is 45.0 Å². The number of halogens is 6. The Bertz CT molecular complexity index is 205. The maximum atomic E-state index is 11.6. The minimum Gasteiger partial charge on any atom is -0.304 e. The molecule has 0 radical (unpaired) electrons. The van der Waals surface area contributed by atoms with Gasteiger partial charge in [-0.2, -0.15) is 17.6 Å². The molecule has 0 amide bonds. The van der Waals surface area contributed by atoms with Crippen LogP contribution in [0.4, 0.5) is 26.3 Å². The van der Waals surface area contributed by atoms with Crippen molar-refractivity contribution in [1.82, 2.24) is 4.90 Å². The van der Waals surface area contributed by atoms with Crippen LogP contribution in [0.3, 0.4) is 0 Å². The summed E-state index contributed by atoms with van der Waals surface area (Å²) in [5, 5.41) is 0. The van der Waals surface area contributed by atoms with Crippen LogP contribution in [-0.4, -0.2) is 48.7 Å². The van der Waals surface area contributed by atoms with Crippen molar-refractivity contribution in [3.05, 3.63) is 0 Å². The second kappa shape index (κ2) is 5.93. The van der Waals surface area contributed by atoms with Gasteiger partial charge in [-0.15, -0.1) is 0 Å². The largest absolute Gasteiger partial charge is 0.346 e. The van der Waals surface area contributed by atoms with Crippen molar-refractivity contribution < 1.29 is 26.3 Å². The minimum absolute atomic E-state index is 1.19. The molecule has 0 aliphatic heterocycles. The summed E-state index contributed by atoms with van der Waals surface area (Å²) in [6.07, 6.45) is -6.72. The number of rotatable bonds is 3. The van der Waals surface area contributed by atoms with Crippen LogP contribution in [0.5, 0.6) is 0 Å². The molecule has 104 valence electrons. The third-order valence-corrected chi connectivity index (χ3v) is 2.74. The normalized spacial score (nSPS) is 29.3. The van der Waals surface area contributed by atoms with Gasteiger partial charge in [0.1, 0.15) is 0 Å². The lowest BCUT2D eigenvalue weighted by Crippen LogP contribution is -2.70. The molecule has 0 spiro atoms. The molecule has 17 heavy (non-hydrogen) atoms. The van der Waals surface area contributed by atoms with E-state index in [1.807, 2.05) is 0 Å². The number of hydrogen-bond donors (Lipinski definition) is 0. The van der Waals surface area contributed by atoms with Crippen molar-refractivity contribution >= 4 is 0 Å². The fraction of sp³-hybridized carbons (Fsp3) is 1.00. The molecule has 0 aromatic rings. The molecule has 1 saturated carbocycles. The van der Waals surface area contributed by atoms with Crippen molar-refractivity contribution in [2.24, 2.45) is 0 Å². The first-order chi connectivity index (χ1) is 7.66. The molecule has 1 fully saturated rings. The second-order valence-corrected chi connectivity index (χ2v) is 3.67. The predicted molar refractivity (Wildman–Crippen MR) is 53.1 cm³/mol. The van der Waals surface area contributed by atoms with E-state index in [0.29, 0.717) is 0 Å². The van der Waals surface area contributed by atoms with Gasteiger partial charge >= 0.3 is 11.8 Å². The molecular weight excluding hydrogens is 248 g/mol. The maximum Gasteiger partial charge on any atom is 0.346 e. The Labute approximate surface area is 96.8 Å². The van der Waals surface area contributed by atoms with Crippen molar-refractivity contribution in [3.63, 3.8) is 0 Å². The van der Waals surface area contributed by atoms with Crippen LogP contribution in [0.2, 0.25) is 0 Å². The molecule has 0 aromatic carbocycles. The lowest BCUT2D eigenvalue weighted by Gasteiger charge is -2.41. The van der Waals surface area contributed by atoms with E-state index >= 15 is 0 Å². The van der Waals surface area contributed by atoms with Gasteiger partial charge in [-0.3, -0.25) is 0 Å². The van der Waals surface area contributed by atoms with Crippen molar-refractivity contribution in [3.8, 4) is 0 Å². The lowest BCUT2D eigenvalue weighted by molar-refractivity contribution is -0.351. The summed E-state index contributed by atoms with van der Waals surface area (Å²) in [5.74, 6) is -9.65. The van der Waals surface area contributed by atoms with Crippen LogP contribution >= 0.6 is 0 Å². The van der Waals surface area contributed by atoms with E-state index in [9.17, 15) is 26.3 Å². The molecule has 2 atom stereocenters. The van der Waals surface area contributed by atoms with E-state index in [1.54, 1.807) is 0 Å². The summed E-state index contributed by atoms with van der Waals surface area (Å²) >= 11 is 0. The Balaban J connectivity index is 0.000000325. The Kier molecular flexibility index (Phi) is 5.77. The molecule has 0 bridgehead atoms. The molecule has 0 N–H and O–H groups in total. The highest BCUT2D eigenvalue weighted by Gasteiger charge is 2.81. The van der Waals surface area contributed by atoms with Gasteiger partial charge in [0, 0.05) is 0 Å². The molecule has 1 aliphatic rings. The Morgan fingerprint density at radius 3 is 1.06 bits per heavy atom. The van der Waals surface area contributed by atoms with Gasteiger partial charge in [-0.25, -0.2) is 8.78 Å². The third-order valence-electron chi connectivity index (χ3n) is 2.74. The lowest BCUT2D eigenvalue weighted by atomic mass is 9.85. The molecule has 7 heteroatoms. The van der Waals surface area contributed by atoms with Crippen LogP contribution in [0.1, 0.15) is 20.8 Å². The van der Waals surface area contributed by atoms with E-state index in [1.165, 1.54) is 19.6 Å². The fourth-order valence-corrected chi connectivity index (χ4v) is 1.31. The standard InChI is InChI=1S/C6H15N.C4H2F6/c1-4-7(5-2)6-3;5-1-2(6)4(9,10)3(1,7)8/h4-6H2,1-3H3;1-2H/t;1-,2-/m.0/s1. The van der Waals surface area contributed by atoms with E-state index in [0.717, 1.165) is 0 Å². The number of alkyl halides is 6. The third kappa shape index (κ3) is 3.05. The van der Waals surface area contributed by atoms with Crippen LogP contribution in [0, 0.1) is 0 Å². The van der Waals surface area contributed by atoms with Gasteiger partial charge in [-0.1, -0.05) is 20.8 Å². The summed E-state index contributed by atoms with van der Waals surface area (Å²) < 4.78 is 69.5. The average molecular weight is 265 g/mol. The van der Waals surface area contributed by atoms with E-state index < -0.39 is 24.2 Å². The summed E-state index contributed by atoms with van der Waals surface area (Å²) in [7, 11) is 0. The van der Waals surface area contributed by atoms with Crippen molar-refractivity contribution in [1.29, 1.82) is 0 Å². The molecular formula is C10H17F6N. The Morgan fingerprint density at radius 1 is 0.765 bits per heavy atom. The quantitative estimate of drug-likeness (QED) is 0.708. The van der Waals surface area contributed by atoms with Gasteiger partial charge in [-0.05, 0) is 19.6 Å². The fourth-order valence-electron chi connectivity index (χ4n) is 1.31. The van der Waals surface area contributed by atoms with Gasteiger partial charge in [0.15, 0.2) is 0 Å². The molecule has 0 unspecified atom stereocenters. The molecule has 0 heterocycles. The van der Waals surface area contributed by atoms with Gasteiger partial charge in [0.2, 0.25) is 12.3 Å². The highest BCUT2D eigenvalue weighted by atomic mass is 19.3. The zero-order valence-electron chi connectivity index (χ0n) is 9.99. The first kappa shape index (κ1) is 16.5. The maximum absolute atomic E-state index is 11.6. The molecule has 1 rings (SSSR count). The first-order valence-electron chi connectivity index (χ1n) is 5.42. The smallest absolute Gasteiger partial charge is 0.304 e. The molecule has 0 aromatic heterocycles. The first-order valence-corrected chi connectivity index (χ1v) is 5.42. The van der Waals surface area contributed by atoms with E-state index in [4.69, 9.17) is 0 Å². The highest BCUT2D eigenvalue weighted by molar-refractivity contribution is 5.12. The highest BCUT2D eigenvalue weighted by Crippen LogP contribution is 2.54. The number of hydrogen-bond acceptors (Lipinski definition) is 1. The van der Waals surface area contributed by atoms with Crippen LogP contribution < -0.4 is 0 Å². The number of nitrogens with zero attached hydrogens (tertiary/aromatic N) is 1. The second-order valence-electron chi connectivity index (χ2n) is 3.67. The monoisotopic (exact) mass is 265 g/mol. The van der Waals surface area contributed by atoms with Crippen LogP contribution in [0.15, 0.2) is 0 Å². The topological polar surface area (TPSA) is 3.24 Å². The summed E-state index contributed by atoms with van der Waals surface area (Å²) in [6.45, 7) is 10.1. The summed E-state index contributed by atoms with van der Waals surface area (Å²) in [6, 6.07) is 0. The average Bonchev–Trinajstić information content (AvgIpc) is 2.30. The minimum atomic E-state index is -4.83. The molecule has 0 saturated heterocycles. The van der Waals surface area contributed by atoms with Gasteiger partial charge < -0.3 is 4.90 Å². The zero-order chi connectivity index (χ0) is 13.9.